The summed E-state index contributed by atoms with van der Waals surface area (Å²) in [4.78, 5) is 28.7. The zero-order valence-electron chi connectivity index (χ0n) is 14.7. The maximum atomic E-state index is 12.2. The molecule has 0 aromatic heterocycles. The molecule has 0 bridgehead atoms. The summed E-state index contributed by atoms with van der Waals surface area (Å²) in [7, 11) is -1.59. The number of ether oxygens (including phenoxy) is 1. The summed E-state index contributed by atoms with van der Waals surface area (Å²) in [5, 5.41) is 8.94. The fourth-order valence-electron chi connectivity index (χ4n) is 3.18. The molecule has 0 spiro atoms. The lowest BCUT2D eigenvalue weighted by Crippen LogP contribution is -2.37. The lowest BCUT2D eigenvalue weighted by atomic mass is 10.2. The number of amidine groups is 1. The van der Waals surface area contributed by atoms with Gasteiger partial charge in [-0.25, -0.2) is 8.42 Å². The summed E-state index contributed by atoms with van der Waals surface area (Å²) in [5.74, 6) is -0.685. The monoisotopic (exact) mass is 412 g/mol. The van der Waals surface area contributed by atoms with Crippen LogP contribution in [0.15, 0.2) is 29.3 Å². The van der Waals surface area contributed by atoms with Crippen molar-refractivity contribution in [3.8, 4) is 5.75 Å². The Kier molecular flexibility index (Phi) is 5.75. The first-order chi connectivity index (χ1) is 12.8. The van der Waals surface area contributed by atoms with E-state index >= 15 is 0 Å². The summed E-state index contributed by atoms with van der Waals surface area (Å²) in [6, 6.07) is 6.88. The molecular formula is C17H20N2O6S2. The second kappa shape index (κ2) is 7.89. The molecule has 10 heteroatoms. The van der Waals surface area contributed by atoms with Crippen molar-refractivity contribution in [1.82, 2.24) is 0 Å². The highest BCUT2D eigenvalue weighted by Gasteiger charge is 2.49. The maximum absolute atomic E-state index is 12.2. The molecule has 1 aromatic rings. The second-order valence-corrected chi connectivity index (χ2v) is 9.77. The van der Waals surface area contributed by atoms with E-state index in [1.54, 1.807) is 30.2 Å². The van der Waals surface area contributed by atoms with Gasteiger partial charge in [-0.1, -0.05) is 17.8 Å². The van der Waals surface area contributed by atoms with Crippen LogP contribution in [0.2, 0.25) is 0 Å². The Morgan fingerprint density at radius 3 is 2.81 bits per heavy atom. The van der Waals surface area contributed by atoms with Gasteiger partial charge in [0.1, 0.15) is 5.75 Å². The molecule has 2 heterocycles. The molecule has 27 heavy (non-hydrogen) atoms. The van der Waals surface area contributed by atoms with Crippen LogP contribution in [0, 0.1) is 0 Å². The summed E-state index contributed by atoms with van der Waals surface area (Å²) >= 11 is 1.29. The third-order valence-corrected chi connectivity index (χ3v) is 7.61. The molecular weight excluding hydrogens is 392 g/mol. The number of fused-ring (bicyclic) bond motifs is 1. The van der Waals surface area contributed by atoms with Gasteiger partial charge in [0.05, 0.1) is 24.7 Å². The van der Waals surface area contributed by atoms with E-state index in [0.29, 0.717) is 16.6 Å². The van der Waals surface area contributed by atoms with Crippen molar-refractivity contribution < 1.29 is 27.9 Å². The molecule has 2 saturated heterocycles. The maximum Gasteiger partial charge on any atom is 0.303 e. The zero-order valence-corrected chi connectivity index (χ0v) is 16.3. The van der Waals surface area contributed by atoms with Gasteiger partial charge in [0.2, 0.25) is 5.91 Å². The average molecular weight is 412 g/mol. The number of nitrogens with zero attached hydrogens (tertiary/aromatic N) is 2. The van der Waals surface area contributed by atoms with Crippen LogP contribution >= 0.6 is 11.8 Å². The highest BCUT2D eigenvalue weighted by atomic mass is 32.2. The van der Waals surface area contributed by atoms with Crippen LogP contribution < -0.4 is 9.64 Å². The Morgan fingerprint density at radius 1 is 1.33 bits per heavy atom. The Labute approximate surface area is 161 Å². The molecule has 1 amide bonds. The van der Waals surface area contributed by atoms with E-state index < -0.39 is 21.7 Å². The van der Waals surface area contributed by atoms with E-state index in [9.17, 15) is 18.0 Å². The van der Waals surface area contributed by atoms with Crippen LogP contribution in [0.3, 0.4) is 0 Å². The zero-order chi connectivity index (χ0) is 19.6. The molecule has 0 saturated carbocycles. The molecule has 1 N–H and O–H groups in total. The molecule has 0 unspecified atom stereocenters. The van der Waals surface area contributed by atoms with Crippen LogP contribution in [-0.2, 0) is 19.4 Å². The number of carboxylic acid groups (broad SMARTS) is 1. The Balaban J connectivity index is 1.87. The number of aliphatic carboxylic acids is 1. The molecule has 0 radical (unpaired) electrons. The van der Waals surface area contributed by atoms with Gasteiger partial charge in [0.15, 0.2) is 15.0 Å². The number of sulfone groups is 1. The van der Waals surface area contributed by atoms with Crippen LogP contribution in [0.1, 0.15) is 19.3 Å². The Morgan fingerprint density at radius 2 is 2.11 bits per heavy atom. The number of thioether (sulfide) groups is 1. The summed E-state index contributed by atoms with van der Waals surface area (Å²) in [5.41, 5.74) is 0.712. The summed E-state index contributed by atoms with van der Waals surface area (Å²) in [6.45, 7) is 0. The van der Waals surface area contributed by atoms with Crippen molar-refractivity contribution in [2.24, 2.45) is 4.99 Å². The van der Waals surface area contributed by atoms with Crippen molar-refractivity contribution in [3.05, 3.63) is 24.3 Å². The van der Waals surface area contributed by atoms with E-state index in [2.05, 4.69) is 4.99 Å². The van der Waals surface area contributed by atoms with Gasteiger partial charge in [-0.15, -0.1) is 0 Å². The number of rotatable bonds is 6. The molecule has 2 aliphatic rings. The number of carbonyl (C=O) groups excluding carboxylic acids is 1. The van der Waals surface area contributed by atoms with Crippen molar-refractivity contribution in [2.75, 3.05) is 23.5 Å². The van der Waals surface area contributed by atoms with Crippen LogP contribution in [0.25, 0.3) is 0 Å². The van der Waals surface area contributed by atoms with Crippen molar-refractivity contribution in [1.29, 1.82) is 0 Å². The van der Waals surface area contributed by atoms with Crippen LogP contribution in [0.5, 0.6) is 5.75 Å². The number of carboxylic acids is 1. The quantitative estimate of drug-likeness (QED) is 0.749. The van der Waals surface area contributed by atoms with Gasteiger partial charge >= 0.3 is 5.97 Å². The molecule has 8 nitrogen and oxygen atoms in total. The SMILES string of the molecule is COc1cccc(N2C(=NC(=O)CCCC(=O)O)S[C@H]3CS(=O)(=O)C[C@H]32)c1. The van der Waals surface area contributed by atoms with Gasteiger partial charge in [-0.05, 0) is 18.6 Å². The van der Waals surface area contributed by atoms with E-state index in [4.69, 9.17) is 9.84 Å². The minimum absolute atomic E-state index is 0.00804. The molecule has 146 valence electrons. The van der Waals surface area contributed by atoms with Gasteiger partial charge in [0.25, 0.3) is 0 Å². The normalized spacial score (nSPS) is 24.8. The van der Waals surface area contributed by atoms with E-state index in [-0.39, 0.29) is 42.1 Å². The highest BCUT2D eigenvalue weighted by Crippen LogP contribution is 2.41. The summed E-state index contributed by atoms with van der Waals surface area (Å²) in [6.07, 6.45) is 0.165. The van der Waals surface area contributed by atoms with Crippen molar-refractivity contribution in [2.45, 2.75) is 30.6 Å². The van der Waals surface area contributed by atoms with Gasteiger partial charge < -0.3 is 14.7 Å². The lowest BCUT2D eigenvalue weighted by molar-refractivity contribution is -0.137. The molecule has 2 atom stereocenters. The molecule has 2 aliphatic heterocycles. The number of methoxy groups -OCH3 is 1. The number of aliphatic imine (C=N–C) groups is 1. The number of carbonyl (C=O) groups is 2. The Bertz CT molecular complexity index is 883. The first-order valence-electron chi connectivity index (χ1n) is 8.43. The van der Waals surface area contributed by atoms with Gasteiger partial charge in [-0.3, -0.25) is 9.59 Å². The predicted octanol–water partition coefficient (Wildman–Crippen LogP) is 1.55. The first-order valence-corrected chi connectivity index (χ1v) is 11.1. The fourth-order valence-corrected chi connectivity index (χ4v) is 7.11. The number of anilines is 1. The minimum atomic E-state index is -3.14. The van der Waals surface area contributed by atoms with E-state index in [1.807, 2.05) is 6.07 Å². The molecule has 0 aliphatic carbocycles. The largest absolute Gasteiger partial charge is 0.497 e. The highest BCUT2D eigenvalue weighted by molar-refractivity contribution is 8.16. The molecule has 2 fully saturated rings. The topological polar surface area (TPSA) is 113 Å². The predicted molar refractivity (Wildman–Crippen MR) is 103 cm³/mol. The number of amides is 1. The standard InChI is InChI=1S/C17H20N2O6S2/c1-25-12-5-2-4-11(8-12)19-13-9-27(23,24)10-14(13)26-17(19)18-15(20)6-3-7-16(21)22/h2,4-5,8,13-14H,3,6-7,9-10H2,1H3,(H,21,22)/t13-,14+/m1/s1. The third kappa shape index (κ3) is 4.62. The lowest BCUT2D eigenvalue weighted by Gasteiger charge is -2.24. The van der Waals surface area contributed by atoms with Crippen LogP contribution in [0.4, 0.5) is 5.69 Å². The third-order valence-electron chi connectivity index (χ3n) is 4.40. The van der Waals surface area contributed by atoms with E-state index in [0.717, 1.165) is 0 Å². The first kappa shape index (κ1) is 19.7. The second-order valence-electron chi connectivity index (χ2n) is 6.41. The number of hydrogen-bond donors (Lipinski definition) is 1. The minimum Gasteiger partial charge on any atom is -0.497 e. The van der Waals surface area contributed by atoms with E-state index in [1.165, 1.54) is 11.8 Å². The van der Waals surface area contributed by atoms with Gasteiger partial charge in [0, 0.05) is 29.8 Å². The summed E-state index contributed by atoms with van der Waals surface area (Å²) < 4.78 is 29.3. The number of benzene rings is 1. The molecule has 3 rings (SSSR count). The van der Waals surface area contributed by atoms with Crippen molar-refractivity contribution in [3.63, 3.8) is 0 Å². The number of hydrogen-bond acceptors (Lipinski definition) is 6. The smallest absolute Gasteiger partial charge is 0.303 e. The van der Waals surface area contributed by atoms with Gasteiger partial charge in [-0.2, -0.15) is 4.99 Å². The molecule has 1 aromatic carbocycles. The fraction of sp³-hybridized carbons (Fsp3) is 0.471. The van der Waals surface area contributed by atoms with Crippen molar-refractivity contribution >= 4 is 44.3 Å². The average Bonchev–Trinajstić information content (AvgIpc) is 3.05. The van der Waals surface area contributed by atoms with Crippen LogP contribution in [-0.4, -0.2) is 60.5 Å². The Hall–Kier alpha value is -2.07.